The van der Waals surface area contributed by atoms with Crippen LogP contribution in [0.2, 0.25) is 10.0 Å². The summed E-state index contributed by atoms with van der Waals surface area (Å²) < 4.78 is 54.6. The zero-order valence-electron chi connectivity index (χ0n) is 16.1. The molecular formula is C17H19Cl2N4O6S2-. The monoisotopic (exact) mass is 509 g/mol. The van der Waals surface area contributed by atoms with Crippen molar-refractivity contribution in [1.82, 2.24) is 15.0 Å². The summed E-state index contributed by atoms with van der Waals surface area (Å²) >= 11 is 9.23. The molecule has 170 valence electrons. The number of nitrogens with one attached hydrogen (secondary N) is 2. The summed E-state index contributed by atoms with van der Waals surface area (Å²) in [4.78, 5) is 2.28. The van der Waals surface area contributed by atoms with Crippen molar-refractivity contribution < 1.29 is 27.0 Å². The van der Waals surface area contributed by atoms with Crippen molar-refractivity contribution in [3.05, 3.63) is 52.0 Å². The Balaban J connectivity index is 1.66. The molecule has 2 aromatic carbocycles. The molecule has 2 aromatic rings. The highest BCUT2D eigenvalue weighted by Crippen LogP contribution is 2.32. The summed E-state index contributed by atoms with van der Waals surface area (Å²) in [6, 6.07) is 9.20. The minimum absolute atomic E-state index is 0.0175. The molecule has 14 heteroatoms. The third-order valence-electron chi connectivity index (χ3n) is 4.32. The summed E-state index contributed by atoms with van der Waals surface area (Å²) in [5.41, 5.74) is 0.320. The predicted octanol–water partition coefficient (Wildman–Crippen LogP) is 1.49. The Labute approximate surface area is 192 Å². The fourth-order valence-corrected chi connectivity index (χ4v) is 4.97. The van der Waals surface area contributed by atoms with E-state index in [2.05, 4.69) is 9.55 Å². The van der Waals surface area contributed by atoms with Gasteiger partial charge < -0.3 is 19.1 Å². The third-order valence-corrected chi connectivity index (χ3v) is 6.68. The second-order valence-electron chi connectivity index (χ2n) is 6.69. The van der Waals surface area contributed by atoms with Gasteiger partial charge in [0, 0.05) is 29.9 Å². The van der Waals surface area contributed by atoms with Gasteiger partial charge in [0.1, 0.15) is 18.5 Å². The molecule has 0 saturated carbocycles. The average molecular weight is 510 g/mol. The molecular weight excluding hydrogens is 491 g/mol. The van der Waals surface area contributed by atoms with Crippen LogP contribution in [0, 0.1) is 0 Å². The highest BCUT2D eigenvalue weighted by atomic mass is 35.5. The van der Waals surface area contributed by atoms with Crippen LogP contribution in [0.5, 0.6) is 5.75 Å². The summed E-state index contributed by atoms with van der Waals surface area (Å²) in [6.07, 6.45) is -0.922. The Hall–Kier alpha value is -1.48. The summed E-state index contributed by atoms with van der Waals surface area (Å²) in [7, 11) is -2.40. The first-order valence-corrected chi connectivity index (χ1v) is 12.1. The third kappa shape index (κ3) is 6.28. The molecule has 2 atom stereocenters. The number of sulfonamides is 1. The van der Waals surface area contributed by atoms with Crippen molar-refractivity contribution in [2.45, 2.75) is 17.5 Å². The summed E-state index contributed by atoms with van der Waals surface area (Å²) in [5, 5.41) is 13.7. The second kappa shape index (κ2) is 9.98. The second-order valence-corrected chi connectivity index (χ2v) is 9.83. The number of benzene rings is 2. The van der Waals surface area contributed by atoms with Crippen LogP contribution in [0.3, 0.4) is 0 Å². The van der Waals surface area contributed by atoms with Gasteiger partial charge in [-0.1, -0.05) is 23.2 Å². The minimum Gasteiger partial charge on any atom is -0.755 e. The average Bonchev–Trinajstić information content (AvgIpc) is 2.67. The Kier molecular flexibility index (Phi) is 7.78. The number of likely N-dealkylation sites (N-methyl/N-ethyl adjacent to an activating group) is 1. The standard InChI is InChI=1S/C17H20Cl2N4O6S2/c1-22(9-13(24)10-29-14-4-2-12(18)3-5-14)23-8-11-6-15(19)16(20-30(25)26)7-17(11)31(27,28)21-23/h2-7,13,20-21,24H,8-10H2,1H3,(H,25,26)/p-1. The van der Waals surface area contributed by atoms with Crippen LogP contribution >= 0.6 is 23.2 Å². The molecule has 0 radical (unpaired) electrons. The van der Waals surface area contributed by atoms with Crippen molar-refractivity contribution >= 4 is 50.2 Å². The van der Waals surface area contributed by atoms with Crippen molar-refractivity contribution in [1.29, 1.82) is 0 Å². The maximum atomic E-state index is 12.7. The SMILES string of the molecule is CN(CC(O)COc1ccc(Cl)cc1)N1Cc2cc(Cl)c(NS(=O)[O-])cc2S(=O)(=O)N1. The van der Waals surface area contributed by atoms with Gasteiger partial charge in [0.25, 0.3) is 10.0 Å². The zero-order chi connectivity index (χ0) is 22.8. The fourth-order valence-electron chi connectivity index (χ4n) is 2.89. The maximum absolute atomic E-state index is 12.7. The lowest BCUT2D eigenvalue weighted by Crippen LogP contribution is -2.55. The number of anilines is 1. The van der Waals surface area contributed by atoms with E-state index in [9.17, 15) is 22.3 Å². The van der Waals surface area contributed by atoms with E-state index in [1.54, 1.807) is 31.3 Å². The van der Waals surface area contributed by atoms with Crippen LogP contribution in [0.4, 0.5) is 5.69 Å². The Morgan fingerprint density at radius 3 is 2.68 bits per heavy atom. The van der Waals surface area contributed by atoms with Gasteiger partial charge in [-0.15, -0.1) is 4.83 Å². The molecule has 0 fully saturated rings. The number of aliphatic hydroxyl groups is 1. The Morgan fingerprint density at radius 1 is 1.35 bits per heavy atom. The fraction of sp³-hybridized carbons (Fsp3) is 0.294. The molecule has 0 amide bonds. The molecule has 0 bridgehead atoms. The number of fused-ring (bicyclic) bond motifs is 1. The van der Waals surface area contributed by atoms with Gasteiger partial charge in [-0.2, -0.15) is 5.12 Å². The molecule has 3 N–H and O–H groups in total. The number of nitrogens with zero attached hydrogens (tertiary/aromatic N) is 2. The maximum Gasteiger partial charge on any atom is 0.254 e. The van der Waals surface area contributed by atoms with E-state index < -0.39 is 27.4 Å². The molecule has 2 unspecified atom stereocenters. The van der Waals surface area contributed by atoms with E-state index in [0.29, 0.717) is 16.3 Å². The van der Waals surface area contributed by atoms with E-state index in [0.717, 1.165) is 6.07 Å². The van der Waals surface area contributed by atoms with Gasteiger partial charge in [-0.05, 0) is 42.0 Å². The quantitative estimate of drug-likeness (QED) is 0.455. The molecule has 1 aliphatic rings. The zero-order valence-corrected chi connectivity index (χ0v) is 19.3. The lowest BCUT2D eigenvalue weighted by atomic mass is 10.2. The van der Waals surface area contributed by atoms with Gasteiger partial charge in [0.2, 0.25) is 0 Å². The van der Waals surface area contributed by atoms with E-state index in [1.165, 1.54) is 16.2 Å². The molecule has 0 spiro atoms. The number of rotatable bonds is 8. The number of hydrogen-bond donors (Lipinski definition) is 3. The first-order valence-electron chi connectivity index (χ1n) is 8.81. The van der Waals surface area contributed by atoms with Crippen molar-refractivity contribution in [2.24, 2.45) is 0 Å². The molecule has 31 heavy (non-hydrogen) atoms. The smallest absolute Gasteiger partial charge is 0.254 e. The number of halogens is 2. The van der Waals surface area contributed by atoms with Gasteiger partial charge in [-0.25, -0.2) is 13.4 Å². The molecule has 0 aromatic heterocycles. The van der Waals surface area contributed by atoms with E-state index in [-0.39, 0.29) is 35.3 Å². The van der Waals surface area contributed by atoms with Crippen LogP contribution in [-0.2, 0) is 27.8 Å². The minimum atomic E-state index is -4.00. The van der Waals surface area contributed by atoms with Crippen LogP contribution in [-0.4, -0.2) is 58.7 Å². The Bertz CT molecular complexity index is 1070. The lowest BCUT2D eigenvalue weighted by Gasteiger charge is -2.36. The largest absolute Gasteiger partial charge is 0.755 e. The van der Waals surface area contributed by atoms with Crippen molar-refractivity contribution in [3.63, 3.8) is 0 Å². The first kappa shape index (κ1) is 24.2. The Morgan fingerprint density at radius 2 is 2.03 bits per heavy atom. The first-order chi connectivity index (χ1) is 14.5. The molecule has 1 aliphatic heterocycles. The van der Waals surface area contributed by atoms with Crippen LogP contribution in [0.1, 0.15) is 5.56 Å². The molecule has 0 saturated heterocycles. The van der Waals surface area contributed by atoms with Gasteiger partial charge >= 0.3 is 0 Å². The number of ether oxygens (including phenoxy) is 1. The van der Waals surface area contributed by atoms with Crippen molar-refractivity contribution in [2.75, 3.05) is 24.9 Å². The van der Waals surface area contributed by atoms with Crippen LogP contribution < -0.4 is 14.3 Å². The summed E-state index contributed by atoms with van der Waals surface area (Å²) in [6.45, 7) is 0.153. The van der Waals surface area contributed by atoms with Crippen LogP contribution in [0.25, 0.3) is 0 Å². The highest BCUT2D eigenvalue weighted by molar-refractivity contribution is 7.89. The molecule has 10 nitrogen and oxygen atoms in total. The van der Waals surface area contributed by atoms with Gasteiger partial charge in [-0.3, -0.25) is 4.21 Å². The lowest BCUT2D eigenvalue weighted by molar-refractivity contribution is -0.0669. The van der Waals surface area contributed by atoms with E-state index in [4.69, 9.17) is 27.9 Å². The highest BCUT2D eigenvalue weighted by Gasteiger charge is 2.32. The van der Waals surface area contributed by atoms with E-state index >= 15 is 0 Å². The molecule has 0 aliphatic carbocycles. The number of aliphatic hydroxyl groups excluding tert-OH is 1. The van der Waals surface area contributed by atoms with Gasteiger partial charge in [0.15, 0.2) is 0 Å². The number of hydrogen-bond acceptors (Lipinski definition) is 8. The van der Waals surface area contributed by atoms with Crippen LogP contribution in [0.15, 0.2) is 41.3 Å². The molecule has 1 heterocycles. The topological polar surface area (TPSA) is 134 Å². The summed E-state index contributed by atoms with van der Waals surface area (Å²) in [5.74, 6) is 0.539. The predicted molar refractivity (Wildman–Crippen MR) is 115 cm³/mol. The van der Waals surface area contributed by atoms with Crippen molar-refractivity contribution in [3.8, 4) is 5.75 Å². The van der Waals surface area contributed by atoms with E-state index in [1.807, 2.05) is 0 Å². The van der Waals surface area contributed by atoms with Gasteiger partial charge in [0.05, 0.1) is 22.2 Å². The molecule has 3 rings (SSSR count). The normalized spacial score (nSPS) is 17.7. The number of hydrazine groups is 2.